The molecule has 0 heterocycles. The highest BCUT2D eigenvalue weighted by Crippen LogP contribution is 2.44. The molecule has 0 atom stereocenters. The van der Waals surface area contributed by atoms with Gasteiger partial charge in [-0.05, 0) is 6.92 Å². The fourth-order valence-electron chi connectivity index (χ4n) is 2.04. The van der Waals surface area contributed by atoms with E-state index >= 15 is 0 Å². The van der Waals surface area contributed by atoms with Crippen LogP contribution in [0.2, 0.25) is 0 Å². The van der Waals surface area contributed by atoms with Crippen molar-refractivity contribution in [3.8, 4) is 0 Å². The zero-order valence-electron chi connectivity index (χ0n) is 11.4. The van der Waals surface area contributed by atoms with E-state index in [0.717, 1.165) is 6.07 Å². The number of benzene rings is 1. The van der Waals surface area contributed by atoms with Gasteiger partial charge in [0.05, 0.1) is 20.8 Å². The maximum Gasteiger partial charge on any atom is 0.289 e. The van der Waals surface area contributed by atoms with Crippen molar-refractivity contribution in [2.24, 2.45) is 0 Å². The van der Waals surface area contributed by atoms with E-state index in [1.807, 2.05) is 0 Å². The molecule has 0 radical (unpaired) electrons. The van der Waals surface area contributed by atoms with Gasteiger partial charge in [0.1, 0.15) is 11.1 Å². The van der Waals surface area contributed by atoms with Crippen molar-refractivity contribution in [3.63, 3.8) is 0 Å². The van der Waals surface area contributed by atoms with Gasteiger partial charge in [-0.3, -0.25) is 30.3 Å². The molecule has 0 aliphatic heterocycles. The predicted molar refractivity (Wildman–Crippen MR) is 69.8 cm³/mol. The molecule has 0 amide bonds. The van der Waals surface area contributed by atoms with Crippen LogP contribution in [-0.4, -0.2) is 14.8 Å². The molecule has 0 saturated carbocycles. The van der Waals surface area contributed by atoms with Gasteiger partial charge >= 0.3 is 0 Å². The van der Waals surface area contributed by atoms with Gasteiger partial charge in [0.15, 0.2) is 0 Å². The Hall–Kier alpha value is -2.58. The first-order valence-electron chi connectivity index (χ1n) is 5.59. The second-order valence-corrected chi connectivity index (χ2v) is 5.28. The van der Waals surface area contributed by atoms with Crippen molar-refractivity contribution in [3.05, 3.63) is 47.5 Å². The lowest BCUT2D eigenvalue weighted by molar-refractivity contribution is -0.405. The van der Waals surface area contributed by atoms with Gasteiger partial charge in [-0.1, -0.05) is 20.8 Å². The normalized spacial score (nSPS) is 11.2. The Kier molecular flexibility index (Phi) is 3.74. The number of nitro groups is 3. The van der Waals surface area contributed by atoms with Gasteiger partial charge in [-0.2, -0.15) is 0 Å². The number of rotatable bonds is 3. The van der Waals surface area contributed by atoms with Crippen LogP contribution in [0.1, 0.15) is 31.9 Å². The molecule has 0 aliphatic rings. The minimum atomic E-state index is -0.898. The summed E-state index contributed by atoms with van der Waals surface area (Å²) in [7, 11) is 0. The van der Waals surface area contributed by atoms with E-state index in [0.29, 0.717) is 0 Å². The zero-order chi connectivity index (χ0) is 15.8. The van der Waals surface area contributed by atoms with E-state index in [1.165, 1.54) is 6.92 Å². The average Bonchev–Trinajstić information content (AvgIpc) is 2.25. The molecule has 20 heavy (non-hydrogen) atoms. The van der Waals surface area contributed by atoms with E-state index in [2.05, 4.69) is 0 Å². The molecule has 0 bridgehead atoms. The van der Waals surface area contributed by atoms with Gasteiger partial charge in [0.25, 0.3) is 17.1 Å². The minimum absolute atomic E-state index is 0.115. The third kappa shape index (κ3) is 2.56. The maximum atomic E-state index is 11.2. The summed E-state index contributed by atoms with van der Waals surface area (Å²) in [5.41, 5.74) is -3.01. The van der Waals surface area contributed by atoms with Crippen LogP contribution in [0.15, 0.2) is 6.07 Å². The molecule has 1 aromatic carbocycles. The summed E-state index contributed by atoms with van der Waals surface area (Å²) in [4.78, 5) is 30.7. The Morgan fingerprint density at radius 3 is 1.65 bits per heavy atom. The third-order valence-corrected chi connectivity index (χ3v) is 2.83. The maximum absolute atomic E-state index is 11.2. The number of nitrogens with zero attached hydrogens (tertiary/aromatic N) is 3. The summed E-state index contributed by atoms with van der Waals surface area (Å²) in [6.07, 6.45) is 0. The Morgan fingerprint density at radius 1 is 0.900 bits per heavy atom. The molecule has 0 saturated heterocycles. The number of nitro benzene ring substituents is 3. The second kappa shape index (κ2) is 4.83. The minimum Gasteiger partial charge on any atom is -0.258 e. The van der Waals surface area contributed by atoms with Crippen LogP contribution >= 0.6 is 0 Å². The molecule has 0 N–H and O–H groups in total. The lowest BCUT2D eigenvalue weighted by Gasteiger charge is -2.19. The molecule has 0 unspecified atom stereocenters. The Labute approximate surface area is 113 Å². The van der Waals surface area contributed by atoms with Crippen molar-refractivity contribution in [1.29, 1.82) is 0 Å². The van der Waals surface area contributed by atoms with Gasteiger partial charge < -0.3 is 0 Å². The smallest absolute Gasteiger partial charge is 0.258 e. The molecular weight excluding hydrogens is 270 g/mol. The van der Waals surface area contributed by atoms with E-state index < -0.39 is 37.2 Å². The third-order valence-electron chi connectivity index (χ3n) is 2.83. The Morgan fingerprint density at radius 2 is 1.35 bits per heavy atom. The topological polar surface area (TPSA) is 129 Å². The summed E-state index contributed by atoms with van der Waals surface area (Å²) in [6.45, 7) is 5.95. The number of hydrogen-bond donors (Lipinski definition) is 0. The zero-order valence-corrected chi connectivity index (χ0v) is 11.4. The van der Waals surface area contributed by atoms with E-state index in [-0.39, 0.29) is 11.1 Å². The highest BCUT2D eigenvalue weighted by atomic mass is 16.6. The molecule has 0 aromatic heterocycles. The van der Waals surface area contributed by atoms with Crippen LogP contribution in [0.3, 0.4) is 0 Å². The molecular formula is C11H13N3O6. The predicted octanol–water partition coefficient (Wildman–Crippen LogP) is 3.02. The molecule has 1 rings (SSSR count). The first-order chi connectivity index (χ1) is 8.98. The molecule has 0 aliphatic carbocycles. The van der Waals surface area contributed by atoms with Crippen LogP contribution in [0.5, 0.6) is 0 Å². The lowest BCUT2D eigenvalue weighted by atomic mass is 9.83. The second-order valence-electron chi connectivity index (χ2n) is 5.28. The molecule has 0 spiro atoms. The highest BCUT2D eigenvalue weighted by Gasteiger charge is 2.39. The Balaban J connectivity index is 3.99. The molecule has 108 valence electrons. The van der Waals surface area contributed by atoms with Crippen LogP contribution in [0.25, 0.3) is 0 Å². The molecule has 9 heteroatoms. The van der Waals surface area contributed by atoms with E-state index in [4.69, 9.17) is 0 Å². The monoisotopic (exact) mass is 283 g/mol. The van der Waals surface area contributed by atoms with Crippen molar-refractivity contribution >= 4 is 17.1 Å². The first kappa shape index (κ1) is 15.5. The van der Waals surface area contributed by atoms with Gasteiger partial charge in [-0.15, -0.1) is 0 Å². The van der Waals surface area contributed by atoms with Gasteiger partial charge in [0.2, 0.25) is 0 Å². The van der Waals surface area contributed by atoms with Crippen molar-refractivity contribution in [1.82, 2.24) is 0 Å². The molecule has 9 nitrogen and oxygen atoms in total. The van der Waals surface area contributed by atoms with E-state index in [9.17, 15) is 30.3 Å². The highest BCUT2D eigenvalue weighted by molar-refractivity contribution is 5.68. The summed E-state index contributed by atoms with van der Waals surface area (Å²) < 4.78 is 0. The number of hydrogen-bond acceptors (Lipinski definition) is 6. The summed E-state index contributed by atoms with van der Waals surface area (Å²) in [6, 6.07) is 0.781. The van der Waals surface area contributed by atoms with Crippen LogP contribution < -0.4 is 0 Å². The fraction of sp³-hybridized carbons (Fsp3) is 0.455. The van der Waals surface area contributed by atoms with Gasteiger partial charge in [-0.25, -0.2) is 0 Å². The molecule has 0 fully saturated rings. The summed E-state index contributed by atoms with van der Waals surface area (Å²) >= 11 is 0. The SMILES string of the molecule is Cc1c([N+](=O)[O-])cc([N+](=O)[O-])c(C(C)(C)C)c1[N+](=O)[O-]. The van der Waals surface area contributed by atoms with Crippen LogP contribution in [0, 0.1) is 37.3 Å². The molecule has 1 aromatic rings. The quantitative estimate of drug-likeness (QED) is 0.619. The summed E-state index contributed by atoms with van der Waals surface area (Å²) in [5.74, 6) is 0. The average molecular weight is 283 g/mol. The van der Waals surface area contributed by atoms with Crippen molar-refractivity contribution < 1.29 is 14.8 Å². The standard InChI is InChI=1S/C11H13N3O6/c1-6-7(12(15)16)5-8(13(17)18)9(11(2,3)4)10(6)14(19)20/h5H,1-4H3. The Bertz CT molecular complexity index is 618. The van der Waals surface area contributed by atoms with Crippen molar-refractivity contribution in [2.75, 3.05) is 0 Å². The fourth-order valence-corrected chi connectivity index (χ4v) is 2.04. The lowest BCUT2D eigenvalue weighted by Crippen LogP contribution is -2.18. The van der Waals surface area contributed by atoms with E-state index in [1.54, 1.807) is 20.8 Å². The first-order valence-corrected chi connectivity index (χ1v) is 5.59. The largest absolute Gasteiger partial charge is 0.289 e. The van der Waals surface area contributed by atoms with Crippen molar-refractivity contribution in [2.45, 2.75) is 33.1 Å². The van der Waals surface area contributed by atoms with Gasteiger partial charge in [0, 0.05) is 5.41 Å². The van der Waals surface area contributed by atoms with Crippen LogP contribution in [-0.2, 0) is 5.41 Å². The summed E-state index contributed by atoms with van der Waals surface area (Å²) in [5, 5.41) is 33.2. The van der Waals surface area contributed by atoms with Crippen LogP contribution in [0.4, 0.5) is 17.1 Å².